The lowest BCUT2D eigenvalue weighted by Gasteiger charge is -2.01. The zero-order valence-electron chi connectivity index (χ0n) is 7.44. The molecule has 0 unspecified atom stereocenters. The van der Waals surface area contributed by atoms with Gasteiger partial charge in [0.05, 0.1) is 11.3 Å². The summed E-state index contributed by atoms with van der Waals surface area (Å²) in [6, 6.07) is 3.47. The van der Waals surface area contributed by atoms with Gasteiger partial charge in [-0.2, -0.15) is 0 Å². The predicted molar refractivity (Wildman–Crippen MR) is 51.7 cm³/mol. The van der Waals surface area contributed by atoms with Gasteiger partial charge in [-0.05, 0) is 18.2 Å². The summed E-state index contributed by atoms with van der Waals surface area (Å²) in [7, 11) is 0. The third kappa shape index (κ3) is 3.25. The molecule has 0 heterocycles. The van der Waals surface area contributed by atoms with E-state index in [1.165, 1.54) is 6.07 Å². The number of carbonyl (C=O) groups is 2. The maximum Gasteiger partial charge on any atom is 0.338 e. The number of carboxylic acids is 2. The minimum absolute atomic E-state index is 0.190. The molecule has 0 saturated carbocycles. The highest BCUT2D eigenvalue weighted by molar-refractivity contribution is 8.00. The van der Waals surface area contributed by atoms with E-state index in [1.54, 1.807) is 0 Å². The van der Waals surface area contributed by atoms with Gasteiger partial charge in [0, 0.05) is 4.90 Å². The quantitative estimate of drug-likeness (QED) is 0.770. The summed E-state index contributed by atoms with van der Waals surface area (Å²) in [5.41, 5.74) is -0.453. The van der Waals surface area contributed by atoms with Crippen molar-refractivity contribution in [1.82, 2.24) is 0 Å². The van der Waals surface area contributed by atoms with Crippen molar-refractivity contribution in [1.29, 1.82) is 0 Å². The largest absolute Gasteiger partial charge is 0.481 e. The molecule has 4 nitrogen and oxygen atoms in total. The highest BCUT2D eigenvalue weighted by Gasteiger charge is 2.11. The Morgan fingerprint density at radius 2 is 2.00 bits per heavy atom. The first-order chi connectivity index (χ1) is 7.00. The molecule has 1 rings (SSSR count). The van der Waals surface area contributed by atoms with Crippen LogP contribution in [0, 0.1) is 5.82 Å². The van der Waals surface area contributed by atoms with Crippen LogP contribution in [0.1, 0.15) is 10.4 Å². The molecule has 0 aliphatic rings. The van der Waals surface area contributed by atoms with Crippen molar-refractivity contribution < 1.29 is 24.2 Å². The summed E-state index contributed by atoms with van der Waals surface area (Å²) in [5, 5.41) is 17.0. The van der Waals surface area contributed by atoms with Gasteiger partial charge in [-0.25, -0.2) is 9.18 Å². The normalized spacial score (nSPS) is 9.93. The van der Waals surface area contributed by atoms with Crippen LogP contribution in [-0.4, -0.2) is 27.9 Å². The van der Waals surface area contributed by atoms with E-state index in [-0.39, 0.29) is 5.75 Å². The first-order valence-corrected chi connectivity index (χ1v) is 4.86. The summed E-state index contributed by atoms with van der Waals surface area (Å²) < 4.78 is 12.9. The van der Waals surface area contributed by atoms with E-state index >= 15 is 0 Å². The van der Waals surface area contributed by atoms with Crippen molar-refractivity contribution in [2.45, 2.75) is 4.90 Å². The van der Waals surface area contributed by atoms with Gasteiger partial charge in [0.2, 0.25) is 0 Å². The fourth-order valence-corrected chi connectivity index (χ4v) is 1.56. The molecule has 0 radical (unpaired) electrons. The lowest BCUT2D eigenvalue weighted by Crippen LogP contribution is -2.01. The molecule has 0 aliphatic heterocycles. The number of carboxylic acid groups (broad SMARTS) is 2. The zero-order chi connectivity index (χ0) is 11.4. The summed E-state index contributed by atoms with van der Waals surface area (Å²) in [6.07, 6.45) is 0. The maximum absolute atomic E-state index is 12.9. The Balaban J connectivity index is 2.87. The molecule has 0 bridgehead atoms. The lowest BCUT2D eigenvalue weighted by molar-refractivity contribution is -0.133. The first-order valence-electron chi connectivity index (χ1n) is 3.88. The van der Waals surface area contributed by atoms with Crippen molar-refractivity contribution >= 4 is 23.7 Å². The molecule has 6 heteroatoms. The number of rotatable bonds is 4. The number of aromatic carboxylic acids is 1. The van der Waals surface area contributed by atoms with Crippen LogP contribution in [0.5, 0.6) is 0 Å². The van der Waals surface area contributed by atoms with Gasteiger partial charge in [0.25, 0.3) is 0 Å². The number of hydrogen-bond acceptors (Lipinski definition) is 3. The average molecular weight is 230 g/mol. The minimum atomic E-state index is -1.37. The van der Waals surface area contributed by atoms with Gasteiger partial charge in [-0.3, -0.25) is 4.79 Å². The second-order valence-electron chi connectivity index (χ2n) is 2.63. The van der Waals surface area contributed by atoms with Gasteiger partial charge < -0.3 is 10.2 Å². The van der Waals surface area contributed by atoms with Crippen molar-refractivity contribution in [2.75, 3.05) is 5.75 Å². The monoisotopic (exact) mass is 230 g/mol. The highest BCUT2D eigenvalue weighted by Crippen LogP contribution is 2.20. The van der Waals surface area contributed by atoms with Gasteiger partial charge >= 0.3 is 11.9 Å². The van der Waals surface area contributed by atoms with E-state index < -0.39 is 23.3 Å². The molecule has 15 heavy (non-hydrogen) atoms. The average Bonchev–Trinajstić information content (AvgIpc) is 2.16. The number of hydrogen-bond donors (Lipinski definition) is 2. The summed E-state index contributed by atoms with van der Waals surface area (Å²) >= 11 is 0.939. The lowest BCUT2D eigenvalue weighted by atomic mass is 10.2. The Morgan fingerprint density at radius 1 is 1.33 bits per heavy atom. The number of halogens is 1. The van der Waals surface area contributed by atoms with E-state index in [0.29, 0.717) is 4.90 Å². The second-order valence-corrected chi connectivity index (χ2v) is 3.68. The Labute approximate surface area is 88.7 Å². The number of benzene rings is 1. The number of aliphatic carboxylic acids is 1. The Hall–Kier alpha value is -1.56. The summed E-state index contributed by atoms with van der Waals surface area (Å²) in [6.45, 7) is 0. The number of thioether (sulfide) groups is 1. The molecule has 0 aromatic heterocycles. The molecule has 0 aliphatic carbocycles. The highest BCUT2D eigenvalue weighted by atomic mass is 32.2. The summed E-state index contributed by atoms with van der Waals surface area (Å²) in [4.78, 5) is 21.2. The smallest absolute Gasteiger partial charge is 0.338 e. The van der Waals surface area contributed by atoms with Gasteiger partial charge in [-0.15, -0.1) is 11.8 Å². The summed E-state index contributed by atoms with van der Waals surface area (Å²) in [5.74, 6) is -3.40. The molecular formula is C9H7FO4S. The van der Waals surface area contributed by atoms with Crippen LogP contribution in [0.25, 0.3) is 0 Å². The van der Waals surface area contributed by atoms with Crippen LogP contribution in [0.2, 0.25) is 0 Å². The molecular weight excluding hydrogens is 223 g/mol. The standard InChI is InChI=1S/C9H7FO4S/c10-7-2-1-5(15-4-8(11)12)3-6(7)9(13)14/h1-3H,4H2,(H,11,12)(H,13,14). The molecule has 0 fully saturated rings. The van der Waals surface area contributed by atoms with Crippen LogP contribution in [0.3, 0.4) is 0 Å². The van der Waals surface area contributed by atoms with Crippen LogP contribution in [0.15, 0.2) is 23.1 Å². The Morgan fingerprint density at radius 3 is 2.53 bits per heavy atom. The Kier molecular flexibility index (Phi) is 3.68. The van der Waals surface area contributed by atoms with E-state index in [4.69, 9.17) is 10.2 Å². The third-order valence-electron chi connectivity index (χ3n) is 1.53. The van der Waals surface area contributed by atoms with Crippen molar-refractivity contribution in [3.8, 4) is 0 Å². The Bertz CT molecular complexity index is 405. The second kappa shape index (κ2) is 4.79. The predicted octanol–water partition coefficient (Wildman–Crippen LogP) is 1.70. The maximum atomic E-state index is 12.9. The van der Waals surface area contributed by atoms with Gasteiger partial charge in [-0.1, -0.05) is 0 Å². The van der Waals surface area contributed by atoms with E-state index in [1.807, 2.05) is 0 Å². The van der Waals surface area contributed by atoms with Crippen LogP contribution >= 0.6 is 11.8 Å². The minimum Gasteiger partial charge on any atom is -0.481 e. The van der Waals surface area contributed by atoms with Crippen LogP contribution < -0.4 is 0 Å². The molecule has 0 saturated heterocycles. The molecule has 2 N–H and O–H groups in total. The SMILES string of the molecule is O=C(O)CSc1ccc(F)c(C(=O)O)c1. The zero-order valence-corrected chi connectivity index (χ0v) is 8.25. The van der Waals surface area contributed by atoms with E-state index in [0.717, 1.165) is 23.9 Å². The van der Waals surface area contributed by atoms with Gasteiger partial charge in [0.15, 0.2) is 0 Å². The molecule has 1 aromatic carbocycles. The van der Waals surface area contributed by atoms with Crippen molar-refractivity contribution in [2.24, 2.45) is 0 Å². The van der Waals surface area contributed by atoms with Crippen molar-refractivity contribution in [3.63, 3.8) is 0 Å². The van der Waals surface area contributed by atoms with E-state index in [2.05, 4.69) is 0 Å². The molecule has 0 amide bonds. The van der Waals surface area contributed by atoms with Crippen LogP contribution in [-0.2, 0) is 4.79 Å². The fourth-order valence-electron chi connectivity index (χ4n) is 0.903. The third-order valence-corrected chi connectivity index (χ3v) is 2.51. The topological polar surface area (TPSA) is 74.6 Å². The van der Waals surface area contributed by atoms with Crippen molar-refractivity contribution in [3.05, 3.63) is 29.6 Å². The van der Waals surface area contributed by atoms with Crippen LogP contribution in [0.4, 0.5) is 4.39 Å². The molecule has 0 atom stereocenters. The first kappa shape index (κ1) is 11.5. The van der Waals surface area contributed by atoms with E-state index in [9.17, 15) is 14.0 Å². The molecule has 0 spiro atoms. The van der Waals surface area contributed by atoms with Gasteiger partial charge in [0.1, 0.15) is 5.82 Å². The fraction of sp³-hybridized carbons (Fsp3) is 0.111. The molecule has 1 aromatic rings. The molecule has 80 valence electrons.